The fraction of sp³-hybridized carbons (Fsp3) is 0.381. The van der Waals surface area contributed by atoms with E-state index in [1.165, 1.54) is 15.9 Å². The van der Waals surface area contributed by atoms with Crippen LogP contribution in [0.15, 0.2) is 29.3 Å². The van der Waals surface area contributed by atoms with Gasteiger partial charge in [0.2, 0.25) is 5.91 Å². The number of para-hydroxylation sites is 1. The molecule has 0 saturated heterocycles. The van der Waals surface area contributed by atoms with Crippen molar-refractivity contribution in [1.29, 1.82) is 0 Å². The first kappa shape index (κ1) is 19.3. The van der Waals surface area contributed by atoms with E-state index in [4.69, 9.17) is 0 Å². The molecule has 3 rings (SSSR count). The van der Waals surface area contributed by atoms with Crippen LogP contribution in [0.25, 0.3) is 10.2 Å². The number of amides is 1. The normalized spacial score (nSPS) is 11.1. The minimum atomic E-state index is -0.0872. The molecule has 27 heavy (non-hydrogen) atoms. The van der Waals surface area contributed by atoms with Gasteiger partial charge in [-0.25, -0.2) is 4.98 Å². The van der Waals surface area contributed by atoms with E-state index in [1.54, 1.807) is 6.33 Å². The quantitative estimate of drug-likeness (QED) is 0.693. The molecule has 0 atom stereocenters. The Hall–Kier alpha value is -2.47. The second-order valence-electron chi connectivity index (χ2n) is 6.66. The molecule has 6 heteroatoms. The molecule has 0 spiro atoms. The lowest BCUT2D eigenvalue weighted by molar-refractivity contribution is -0.116. The van der Waals surface area contributed by atoms with Gasteiger partial charge in [0.15, 0.2) is 0 Å². The molecule has 0 fully saturated rings. The summed E-state index contributed by atoms with van der Waals surface area (Å²) in [4.78, 5) is 31.5. The summed E-state index contributed by atoms with van der Waals surface area (Å²) in [6.45, 7) is 8.42. The molecule has 0 aliphatic rings. The summed E-state index contributed by atoms with van der Waals surface area (Å²) in [6.07, 6.45) is 3.50. The number of anilines is 1. The summed E-state index contributed by atoms with van der Waals surface area (Å²) >= 11 is 1.53. The Morgan fingerprint density at radius 1 is 1.19 bits per heavy atom. The van der Waals surface area contributed by atoms with Crippen molar-refractivity contribution in [3.63, 3.8) is 0 Å². The molecule has 1 amide bonds. The van der Waals surface area contributed by atoms with Crippen molar-refractivity contribution in [2.45, 2.75) is 53.5 Å². The van der Waals surface area contributed by atoms with Crippen LogP contribution in [0.3, 0.4) is 0 Å². The fourth-order valence-corrected chi connectivity index (χ4v) is 4.24. The molecule has 0 radical (unpaired) electrons. The number of nitrogens with zero attached hydrogens (tertiary/aromatic N) is 2. The average molecular weight is 384 g/mol. The van der Waals surface area contributed by atoms with Crippen LogP contribution in [0.5, 0.6) is 0 Å². The Kier molecular flexibility index (Phi) is 5.75. The van der Waals surface area contributed by atoms with Gasteiger partial charge in [-0.05, 0) is 43.4 Å². The summed E-state index contributed by atoms with van der Waals surface area (Å²) in [5, 5.41) is 3.72. The molecule has 0 unspecified atom stereocenters. The fourth-order valence-electron chi connectivity index (χ4n) is 3.26. The number of benzene rings is 1. The number of hydrogen-bond donors (Lipinski definition) is 1. The van der Waals surface area contributed by atoms with Crippen LogP contribution in [0, 0.1) is 13.8 Å². The van der Waals surface area contributed by atoms with Crippen molar-refractivity contribution < 1.29 is 4.79 Å². The lowest BCUT2D eigenvalue weighted by atomic mass is 10.0. The van der Waals surface area contributed by atoms with E-state index in [0.717, 1.165) is 44.9 Å². The van der Waals surface area contributed by atoms with Crippen molar-refractivity contribution in [3.8, 4) is 0 Å². The summed E-state index contributed by atoms with van der Waals surface area (Å²) in [5.41, 5.74) is 4.09. The minimum absolute atomic E-state index is 0.0714. The number of carbonyl (C=O) groups excluding carboxylic acids is 1. The summed E-state index contributed by atoms with van der Waals surface area (Å²) in [5.74, 6) is -0.0872. The van der Waals surface area contributed by atoms with Gasteiger partial charge in [0.25, 0.3) is 5.56 Å². The van der Waals surface area contributed by atoms with E-state index in [-0.39, 0.29) is 17.9 Å². The largest absolute Gasteiger partial charge is 0.326 e. The zero-order valence-corrected chi connectivity index (χ0v) is 17.1. The standard InChI is InChI=1S/C21H25N3O2S/c1-5-15-8-7-9-16(6-2)19(15)23-17(25)10-11-24-12-22-20-18(21(24)26)13(3)14(4)27-20/h7-9,12H,5-6,10-11H2,1-4H3,(H,23,25). The van der Waals surface area contributed by atoms with Gasteiger partial charge >= 0.3 is 0 Å². The predicted molar refractivity (Wildman–Crippen MR) is 112 cm³/mol. The van der Waals surface area contributed by atoms with E-state index < -0.39 is 0 Å². The monoisotopic (exact) mass is 383 g/mol. The van der Waals surface area contributed by atoms with Crippen LogP contribution in [-0.2, 0) is 24.2 Å². The molecule has 2 aromatic heterocycles. The topological polar surface area (TPSA) is 64.0 Å². The highest BCUT2D eigenvalue weighted by Gasteiger charge is 2.14. The molecule has 1 aromatic carbocycles. The number of aromatic nitrogens is 2. The van der Waals surface area contributed by atoms with Crippen molar-refractivity contribution >= 4 is 33.1 Å². The van der Waals surface area contributed by atoms with Gasteiger partial charge in [-0.3, -0.25) is 14.2 Å². The maximum absolute atomic E-state index is 12.7. The van der Waals surface area contributed by atoms with Crippen molar-refractivity contribution in [3.05, 3.63) is 56.4 Å². The molecule has 0 aliphatic carbocycles. The highest BCUT2D eigenvalue weighted by atomic mass is 32.1. The maximum Gasteiger partial charge on any atom is 0.262 e. The molecule has 5 nitrogen and oxygen atoms in total. The third-order valence-electron chi connectivity index (χ3n) is 5.00. The Bertz CT molecular complexity index is 1030. The van der Waals surface area contributed by atoms with Crippen molar-refractivity contribution in [2.24, 2.45) is 0 Å². The molecular weight excluding hydrogens is 358 g/mol. The first-order valence-corrected chi connectivity index (χ1v) is 10.1. The Morgan fingerprint density at radius 3 is 2.48 bits per heavy atom. The van der Waals surface area contributed by atoms with Gasteiger partial charge < -0.3 is 5.32 Å². The number of nitrogens with one attached hydrogen (secondary N) is 1. The van der Waals surface area contributed by atoms with Crippen LogP contribution in [0.1, 0.15) is 41.8 Å². The Morgan fingerprint density at radius 2 is 1.85 bits per heavy atom. The Balaban J connectivity index is 1.77. The van der Waals surface area contributed by atoms with Crippen LogP contribution in [-0.4, -0.2) is 15.5 Å². The second kappa shape index (κ2) is 8.05. The van der Waals surface area contributed by atoms with Gasteiger partial charge in [0.05, 0.1) is 11.7 Å². The van der Waals surface area contributed by atoms with E-state index in [2.05, 4.69) is 24.1 Å². The summed E-state index contributed by atoms with van der Waals surface area (Å²) < 4.78 is 1.54. The first-order chi connectivity index (χ1) is 13.0. The highest BCUT2D eigenvalue weighted by Crippen LogP contribution is 2.25. The molecule has 0 aliphatic heterocycles. The highest BCUT2D eigenvalue weighted by molar-refractivity contribution is 7.18. The first-order valence-electron chi connectivity index (χ1n) is 9.32. The predicted octanol–water partition coefficient (Wildman–Crippen LogP) is 4.23. The SMILES string of the molecule is CCc1cccc(CC)c1NC(=O)CCn1cnc2sc(C)c(C)c2c1=O. The Labute approximate surface area is 163 Å². The van der Waals surface area contributed by atoms with E-state index >= 15 is 0 Å². The molecule has 0 bridgehead atoms. The molecular formula is C21H25N3O2S. The minimum Gasteiger partial charge on any atom is -0.326 e. The average Bonchev–Trinajstić information content (AvgIpc) is 2.96. The lowest BCUT2D eigenvalue weighted by Crippen LogP contribution is -2.24. The zero-order valence-electron chi connectivity index (χ0n) is 16.3. The van der Waals surface area contributed by atoms with Crippen LogP contribution in [0.2, 0.25) is 0 Å². The number of hydrogen-bond acceptors (Lipinski definition) is 4. The molecule has 3 aromatic rings. The van der Waals surface area contributed by atoms with Crippen LogP contribution >= 0.6 is 11.3 Å². The van der Waals surface area contributed by atoms with E-state index in [1.807, 2.05) is 32.0 Å². The smallest absolute Gasteiger partial charge is 0.262 e. The summed E-state index contributed by atoms with van der Waals surface area (Å²) in [7, 11) is 0. The van der Waals surface area contributed by atoms with E-state index in [0.29, 0.717) is 11.9 Å². The van der Waals surface area contributed by atoms with E-state index in [9.17, 15) is 9.59 Å². The number of aryl methyl sites for hydroxylation is 5. The van der Waals surface area contributed by atoms with Crippen molar-refractivity contribution in [2.75, 3.05) is 5.32 Å². The number of rotatable bonds is 6. The third-order valence-corrected chi connectivity index (χ3v) is 6.11. The van der Waals surface area contributed by atoms with Crippen molar-refractivity contribution in [1.82, 2.24) is 9.55 Å². The molecule has 0 saturated carbocycles. The summed E-state index contributed by atoms with van der Waals surface area (Å²) in [6, 6.07) is 6.11. The van der Waals surface area contributed by atoms with Crippen LogP contribution < -0.4 is 10.9 Å². The van der Waals surface area contributed by atoms with Gasteiger partial charge in [0, 0.05) is 23.5 Å². The van der Waals surface area contributed by atoms with Crippen LogP contribution in [0.4, 0.5) is 5.69 Å². The number of fused-ring (bicyclic) bond motifs is 1. The van der Waals surface area contributed by atoms with Gasteiger partial charge in [-0.2, -0.15) is 0 Å². The maximum atomic E-state index is 12.7. The molecule has 142 valence electrons. The number of thiophene rings is 1. The van der Waals surface area contributed by atoms with Gasteiger partial charge in [-0.15, -0.1) is 11.3 Å². The molecule has 2 heterocycles. The lowest BCUT2D eigenvalue weighted by Gasteiger charge is -2.14. The van der Waals surface area contributed by atoms with Gasteiger partial charge in [0.1, 0.15) is 4.83 Å². The van der Waals surface area contributed by atoms with Gasteiger partial charge in [-0.1, -0.05) is 32.0 Å². The number of carbonyl (C=O) groups is 1. The third kappa shape index (κ3) is 3.81. The molecule has 1 N–H and O–H groups in total. The second-order valence-corrected chi connectivity index (χ2v) is 7.87. The zero-order chi connectivity index (χ0) is 19.6.